The molecule has 0 bridgehead atoms. The number of rotatable bonds is 7. The second-order valence-electron chi connectivity index (χ2n) is 4.23. The van der Waals surface area contributed by atoms with Crippen LogP contribution in [0.4, 0.5) is 5.13 Å². The van der Waals surface area contributed by atoms with Crippen LogP contribution in [0.2, 0.25) is 0 Å². The minimum atomic E-state index is 0.563. The molecule has 3 rings (SSSR count). The fourth-order valence-corrected chi connectivity index (χ4v) is 2.95. The first-order valence-corrected chi connectivity index (χ1v) is 8.04. The molecular formula is C13H14N4O2S2. The molecule has 0 aromatic carbocycles. The van der Waals surface area contributed by atoms with Gasteiger partial charge in [-0.25, -0.2) is 9.97 Å². The third-order valence-electron chi connectivity index (χ3n) is 2.70. The van der Waals surface area contributed by atoms with Gasteiger partial charge < -0.3 is 14.5 Å². The monoisotopic (exact) mass is 322 g/mol. The standard InChI is InChI=1S/C13H14N4O2S2/c1-18-5-4-11-16-13(21-17-11)14-7-9-8-19-12(15-9)10-3-2-6-20-10/h2-3,6,8H,4-5,7H2,1H3,(H,14,16,17). The van der Waals surface area contributed by atoms with E-state index in [2.05, 4.69) is 19.7 Å². The number of hydrogen-bond acceptors (Lipinski definition) is 8. The molecule has 0 saturated carbocycles. The number of aromatic nitrogens is 3. The maximum absolute atomic E-state index is 5.47. The van der Waals surface area contributed by atoms with Gasteiger partial charge in [0.2, 0.25) is 11.0 Å². The van der Waals surface area contributed by atoms with E-state index in [0.717, 1.165) is 27.9 Å². The Hall–Kier alpha value is -1.77. The van der Waals surface area contributed by atoms with Crippen molar-refractivity contribution in [2.45, 2.75) is 13.0 Å². The molecule has 0 fully saturated rings. The molecule has 0 radical (unpaired) electrons. The third-order valence-corrected chi connectivity index (χ3v) is 4.27. The predicted octanol–water partition coefficient (Wildman–Crippen LogP) is 3.06. The first-order chi connectivity index (χ1) is 10.3. The summed E-state index contributed by atoms with van der Waals surface area (Å²) in [4.78, 5) is 9.85. The van der Waals surface area contributed by atoms with Gasteiger partial charge >= 0.3 is 0 Å². The van der Waals surface area contributed by atoms with Gasteiger partial charge in [0.15, 0.2) is 0 Å². The average molecular weight is 322 g/mol. The lowest BCUT2D eigenvalue weighted by molar-refractivity contribution is 0.201. The Morgan fingerprint density at radius 1 is 1.38 bits per heavy atom. The van der Waals surface area contributed by atoms with Crippen LogP contribution in [-0.2, 0) is 17.7 Å². The van der Waals surface area contributed by atoms with Crippen LogP contribution in [0.3, 0.4) is 0 Å². The van der Waals surface area contributed by atoms with Crippen LogP contribution in [-0.4, -0.2) is 28.1 Å². The summed E-state index contributed by atoms with van der Waals surface area (Å²) in [7, 11) is 1.67. The Kier molecular flexibility index (Phi) is 4.59. The van der Waals surface area contributed by atoms with Crippen molar-refractivity contribution in [1.29, 1.82) is 0 Å². The molecule has 0 aliphatic rings. The van der Waals surface area contributed by atoms with Crippen molar-refractivity contribution in [3.63, 3.8) is 0 Å². The number of nitrogens with zero attached hydrogens (tertiary/aromatic N) is 3. The third kappa shape index (κ3) is 3.66. The zero-order valence-corrected chi connectivity index (χ0v) is 13.0. The smallest absolute Gasteiger partial charge is 0.236 e. The van der Waals surface area contributed by atoms with Crippen LogP contribution in [0.25, 0.3) is 10.8 Å². The van der Waals surface area contributed by atoms with Crippen molar-refractivity contribution >= 4 is 28.0 Å². The fourth-order valence-electron chi connectivity index (χ4n) is 1.69. The van der Waals surface area contributed by atoms with E-state index in [4.69, 9.17) is 9.15 Å². The normalized spacial score (nSPS) is 10.9. The average Bonchev–Trinajstić information content (AvgIpc) is 3.22. The van der Waals surface area contributed by atoms with Gasteiger partial charge in [0.1, 0.15) is 12.1 Å². The fraction of sp³-hybridized carbons (Fsp3) is 0.308. The van der Waals surface area contributed by atoms with Crippen LogP contribution in [0.5, 0.6) is 0 Å². The van der Waals surface area contributed by atoms with Crippen molar-refractivity contribution in [2.24, 2.45) is 0 Å². The minimum absolute atomic E-state index is 0.563. The molecule has 3 heterocycles. The first kappa shape index (κ1) is 14.2. The number of methoxy groups -OCH3 is 1. The number of ether oxygens (including phenoxy) is 1. The molecule has 0 unspecified atom stereocenters. The highest BCUT2D eigenvalue weighted by atomic mass is 32.1. The van der Waals surface area contributed by atoms with E-state index in [-0.39, 0.29) is 0 Å². The zero-order chi connectivity index (χ0) is 14.5. The maximum atomic E-state index is 5.47. The van der Waals surface area contributed by atoms with Crippen molar-refractivity contribution in [3.05, 3.63) is 35.3 Å². The summed E-state index contributed by atoms with van der Waals surface area (Å²) >= 11 is 2.95. The number of nitrogens with one attached hydrogen (secondary N) is 1. The molecule has 6 nitrogen and oxygen atoms in total. The lowest BCUT2D eigenvalue weighted by atomic mass is 10.4. The number of hydrogen-bond donors (Lipinski definition) is 1. The molecule has 8 heteroatoms. The Bertz CT molecular complexity index is 678. The summed E-state index contributed by atoms with van der Waals surface area (Å²) in [6, 6.07) is 3.96. The topological polar surface area (TPSA) is 73.1 Å². The zero-order valence-electron chi connectivity index (χ0n) is 11.4. The van der Waals surface area contributed by atoms with E-state index in [1.54, 1.807) is 24.7 Å². The van der Waals surface area contributed by atoms with Gasteiger partial charge in [0.25, 0.3) is 0 Å². The van der Waals surface area contributed by atoms with Crippen LogP contribution in [0, 0.1) is 0 Å². The van der Waals surface area contributed by atoms with E-state index in [1.165, 1.54) is 11.5 Å². The van der Waals surface area contributed by atoms with Gasteiger partial charge in [0.05, 0.1) is 23.7 Å². The second kappa shape index (κ2) is 6.79. The van der Waals surface area contributed by atoms with Crippen LogP contribution >= 0.6 is 22.9 Å². The summed E-state index contributed by atoms with van der Waals surface area (Å²) < 4.78 is 14.7. The van der Waals surface area contributed by atoms with Crippen molar-refractivity contribution < 1.29 is 9.15 Å². The van der Waals surface area contributed by atoms with Crippen LogP contribution in [0.15, 0.2) is 28.2 Å². The van der Waals surface area contributed by atoms with Crippen molar-refractivity contribution in [1.82, 2.24) is 14.3 Å². The Morgan fingerprint density at radius 2 is 2.33 bits per heavy atom. The molecule has 3 aromatic heterocycles. The summed E-state index contributed by atoms with van der Waals surface area (Å²) in [6.45, 7) is 1.19. The number of oxazole rings is 1. The maximum Gasteiger partial charge on any atom is 0.236 e. The van der Waals surface area contributed by atoms with E-state index >= 15 is 0 Å². The molecule has 0 saturated heterocycles. The lowest BCUT2D eigenvalue weighted by Gasteiger charge is -1.96. The summed E-state index contributed by atoms with van der Waals surface area (Å²) in [5, 5.41) is 5.98. The second-order valence-corrected chi connectivity index (χ2v) is 5.93. The molecule has 0 aliphatic carbocycles. The first-order valence-electron chi connectivity index (χ1n) is 6.39. The molecule has 0 aliphatic heterocycles. The lowest BCUT2D eigenvalue weighted by Crippen LogP contribution is -2.00. The molecule has 0 atom stereocenters. The minimum Gasteiger partial charge on any atom is -0.443 e. The summed E-state index contributed by atoms with van der Waals surface area (Å²) in [6.07, 6.45) is 2.39. The van der Waals surface area contributed by atoms with Gasteiger partial charge in [0, 0.05) is 25.1 Å². The molecule has 0 spiro atoms. The summed E-state index contributed by atoms with van der Waals surface area (Å²) in [5.41, 5.74) is 0.840. The predicted molar refractivity (Wildman–Crippen MR) is 82.6 cm³/mol. The molecule has 21 heavy (non-hydrogen) atoms. The molecule has 3 aromatic rings. The quantitative estimate of drug-likeness (QED) is 0.721. The SMILES string of the molecule is COCCc1nsc(NCc2coc(-c3cccs3)n2)n1. The van der Waals surface area contributed by atoms with Crippen molar-refractivity contribution in [2.75, 3.05) is 19.0 Å². The van der Waals surface area contributed by atoms with Gasteiger partial charge in [-0.15, -0.1) is 11.3 Å². The van der Waals surface area contributed by atoms with E-state index in [9.17, 15) is 0 Å². The van der Waals surface area contributed by atoms with E-state index < -0.39 is 0 Å². The summed E-state index contributed by atoms with van der Waals surface area (Å²) in [5.74, 6) is 1.45. The van der Waals surface area contributed by atoms with Gasteiger partial charge in [-0.2, -0.15) is 4.37 Å². The van der Waals surface area contributed by atoms with E-state index in [1.807, 2.05) is 17.5 Å². The Morgan fingerprint density at radius 3 is 3.14 bits per heavy atom. The number of anilines is 1. The molecule has 110 valence electrons. The van der Waals surface area contributed by atoms with Gasteiger partial charge in [-0.3, -0.25) is 0 Å². The highest BCUT2D eigenvalue weighted by Crippen LogP contribution is 2.24. The highest BCUT2D eigenvalue weighted by molar-refractivity contribution is 7.13. The molecular weight excluding hydrogens is 308 g/mol. The molecule has 1 N–H and O–H groups in total. The van der Waals surface area contributed by atoms with E-state index in [0.29, 0.717) is 19.0 Å². The Balaban J connectivity index is 1.56. The van der Waals surface area contributed by atoms with Crippen LogP contribution in [0.1, 0.15) is 11.5 Å². The van der Waals surface area contributed by atoms with Crippen LogP contribution < -0.4 is 5.32 Å². The largest absolute Gasteiger partial charge is 0.443 e. The van der Waals surface area contributed by atoms with Gasteiger partial charge in [-0.05, 0) is 11.4 Å². The molecule has 0 amide bonds. The van der Waals surface area contributed by atoms with Gasteiger partial charge in [-0.1, -0.05) is 6.07 Å². The van der Waals surface area contributed by atoms with Crippen molar-refractivity contribution in [3.8, 4) is 10.8 Å². The highest BCUT2D eigenvalue weighted by Gasteiger charge is 2.08. The number of thiophene rings is 1. The Labute approximate surface area is 130 Å².